The molecule has 1 aromatic heterocycles. The Morgan fingerprint density at radius 3 is 2.62 bits per heavy atom. The Balaban J connectivity index is 1.75. The standard InChI is InChI=1S/C19H23ClN4O2/c1-2-25-22-13-14-3-5-16(6-4-14)26-19(15-9-11-21-12-10-15)17-7-8-18(20)24-23-17/h3-8,13,15,19,21H,2,9-12H2,1H3. The molecule has 138 valence electrons. The van der Waals surface area contributed by atoms with E-state index in [4.69, 9.17) is 21.2 Å². The second kappa shape index (κ2) is 9.50. The van der Waals surface area contributed by atoms with Crippen molar-refractivity contribution in [2.24, 2.45) is 11.1 Å². The number of hydrogen-bond donors (Lipinski definition) is 1. The number of halogens is 1. The number of hydrogen-bond acceptors (Lipinski definition) is 6. The van der Waals surface area contributed by atoms with E-state index in [0.29, 0.717) is 17.7 Å². The Bertz CT molecular complexity index is 700. The molecule has 0 spiro atoms. The summed E-state index contributed by atoms with van der Waals surface area (Å²) in [4.78, 5) is 4.99. The molecule has 7 heteroatoms. The Morgan fingerprint density at radius 1 is 1.19 bits per heavy atom. The zero-order valence-electron chi connectivity index (χ0n) is 14.8. The third kappa shape index (κ3) is 5.16. The van der Waals surface area contributed by atoms with Gasteiger partial charge in [-0.2, -0.15) is 5.10 Å². The summed E-state index contributed by atoms with van der Waals surface area (Å²) in [6, 6.07) is 11.4. The minimum atomic E-state index is -0.148. The number of benzene rings is 1. The van der Waals surface area contributed by atoms with Crippen LogP contribution in [0.5, 0.6) is 5.75 Å². The molecule has 0 bridgehead atoms. The van der Waals surface area contributed by atoms with E-state index in [1.807, 2.05) is 37.3 Å². The van der Waals surface area contributed by atoms with Crippen molar-refractivity contribution in [2.75, 3.05) is 19.7 Å². The highest BCUT2D eigenvalue weighted by atomic mass is 35.5. The van der Waals surface area contributed by atoms with Gasteiger partial charge in [0.25, 0.3) is 0 Å². The molecule has 1 fully saturated rings. The number of aromatic nitrogens is 2. The fourth-order valence-corrected chi connectivity index (χ4v) is 3.08. The molecule has 1 aromatic carbocycles. The maximum Gasteiger partial charge on any atom is 0.151 e. The fraction of sp³-hybridized carbons (Fsp3) is 0.421. The van der Waals surface area contributed by atoms with Crippen molar-refractivity contribution in [3.63, 3.8) is 0 Å². The maximum atomic E-state index is 6.31. The monoisotopic (exact) mass is 374 g/mol. The number of nitrogens with zero attached hydrogens (tertiary/aromatic N) is 3. The summed E-state index contributed by atoms with van der Waals surface area (Å²) >= 11 is 5.88. The molecule has 1 unspecified atom stereocenters. The first-order valence-corrected chi connectivity index (χ1v) is 9.26. The summed E-state index contributed by atoms with van der Waals surface area (Å²) in [7, 11) is 0. The summed E-state index contributed by atoms with van der Waals surface area (Å²) in [5, 5.41) is 15.9. The predicted octanol–water partition coefficient (Wildman–Crippen LogP) is 3.62. The summed E-state index contributed by atoms with van der Waals surface area (Å²) in [6.07, 6.45) is 3.61. The zero-order valence-corrected chi connectivity index (χ0v) is 15.5. The smallest absolute Gasteiger partial charge is 0.151 e. The lowest BCUT2D eigenvalue weighted by Crippen LogP contribution is -2.33. The summed E-state index contributed by atoms with van der Waals surface area (Å²) in [5.74, 6) is 1.17. The average Bonchev–Trinajstić information content (AvgIpc) is 2.69. The molecule has 2 aromatic rings. The molecule has 1 N–H and O–H groups in total. The van der Waals surface area contributed by atoms with Gasteiger partial charge in [-0.1, -0.05) is 16.8 Å². The van der Waals surface area contributed by atoms with Crippen LogP contribution in [-0.4, -0.2) is 36.1 Å². The van der Waals surface area contributed by atoms with Gasteiger partial charge in [0.1, 0.15) is 24.2 Å². The average molecular weight is 375 g/mol. The molecule has 1 atom stereocenters. The molecule has 0 radical (unpaired) electrons. The summed E-state index contributed by atoms with van der Waals surface area (Å²) in [6.45, 7) is 4.42. The first kappa shape index (κ1) is 18.6. The SMILES string of the molecule is CCON=Cc1ccc(OC(c2ccc(Cl)nn2)C2CCNCC2)cc1. The minimum Gasteiger partial charge on any atom is -0.484 e. The minimum absolute atomic E-state index is 0.148. The van der Waals surface area contributed by atoms with Crippen LogP contribution < -0.4 is 10.1 Å². The Hall–Kier alpha value is -2.18. The van der Waals surface area contributed by atoms with Gasteiger partial charge in [-0.05, 0) is 74.8 Å². The lowest BCUT2D eigenvalue weighted by molar-refractivity contribution is 0.108. The molecule has 0 aliphatic carbocycles. The molecule has 1 aliphatic heterocycles. The van der Waals surface area contributed by atoms with Crippen LogP contribution in [0.15, 0.2) is 41.6 Å². The van der Waals surface area contributed by atoms with Crippen LogP contribution in [0.25, 0.3) is 0 Å². The van der Waals surface area contributed by atoms with Crippen LogP contribution in [0, 0.1) is 5.92 Å². The highest BCUT2D eigenvalue weighted by molar-refractivity contribution is 6.29. The van der Waals surface area contributed by atoms with E-state index in [9.17, 15) is 0 Å². The van der Waals surface area contributed by atoms with Crippen LogP contribution in [-0.2, 0) is 4.84 Å². The normalized spacial score (nSPS) is 16.5. The summed E-state index contributed by atoms with van der Waals surface area (Å²) < 4.78 is 6.31. The van der Waals surface area contributed by atoms with Crippen molar-refractivity contribution in [1.82, 2.24) is 15.5 Å². The van der Waals surface area contributed by atoms with Gasteiger partial charge in [0.2, 0.25) is 0 Å². The van der Waals surface area contributed by atoms with E-state index in [0.717, 1.165) is 42.9 Å². The molecule has 1 aliphatic rings. The molecule has 2 heterocycles. The van der Waals surface area contributed by atoms with Crippen LogP contribution >= 0.6 is 11.6 Å². The van der Waals surface area contributed by atoms with Crippen molar-refractivity contribution >= 4 is 17.8 Å². The predicted molar refractivity (Wildman–Crippen MR) is 102 cm³/mol. The highest BCUT2D eigenvalue weighted by Gasteiger charge is 2.28. The maximum absolute atomic E-state index is 6.31. The Labute approximate surface area is 158 Å². The van der Waals surface area contributed by atoms with E-state index >= 15 is 0 Å². The lowest BCUT2D eigenvalue weighted by Gasteiger charge is -2.30. The number of piperidine rings is 1. The summed E-state index contributed by atoms with van der Waals surface area (Å²) in [5.41, 5.74) is 1.76. The van der Waals surface area contributed by atoms with Gasteiger partial charge in [0.05, 0.1) is 6.21 Å². The number of oxime groups is 1. The van der Waals surface area contributed by atoms with E-state index in [1.165, 1.54) is 0 Å². The van der Waals surface area contributed by atoms with Crippen molar-refractivity contribution in [1.29, 1.82) is 0 Å². The third-order valence-corrected chi connectivity index (χ3v) is 4.51. The van der Waals surface area contributed by atoms with Crippen molar-refractivity contribution in [2.45, 2.75) is 25.9 Å². The van der Waals surface area contributed by atoms with Crippen molar-refractivity contribution in [3.05, 3.63) is 52.8 Å². The third-order valence-electron chi connectivity index (χ3n) is 4.30. The van der Waals surface area contributed by atoms with Gasteiger partial charge >= 0.3 is 0 Å². The van der Waals surface area contributed by atoms with Crippen LogP contribution in [0.2, 0.25) is 5.15 Å². The van der Waals surface area contributed by atoms with Crippen LogP contribution in [0.3, 0.4) is 0 Å². The van der Waals surface area contributed by atoms with E-state index in [-0.39, 0.29) is 6.10 Å². The van der Waals surface area contributed by atoms with E-state index in [1.54, 1.807) is 12.3 Å². The van der Waals surface area contributed by atoms with Gasteiger partial charge in [0, 0.05) is 5.92 Å². The Kier molecular flexibility index (Phi) is 6.80. The zero-order chi connectivity index (χ0) is 18.2. The first-order chi connectivity index (χ1) is 12.8. The number of nitrogens with one attached hydrogen (secondary N) is 1. The van der Waals surface area contributed by atoms with Crippen molar-refractivity contribution in [3.8, 4) is 5.75 Å². The van der Waals surface area contributed by atoms with Gasteiger partial charge in [-0.15, -0.1) is 5.10 Å². The van der Waals surface area contributed by atoms with Gasteiger partial charge in [0.15, 0.2) is 5.15 Å². The molecular formula is C19H23ClN4O2. The topological polar surface area (TPSA) is 68.6 Å². The quantitative estimate of drug-likeness (QED) is 0.592. The molecule has 1 saturated heterocycles. The molecule has 3 rings (SSSR count). The van der Waals surface area contributed by atoms with Crippen LogP contribution in [0.1, 0.15) is 37.1 Å². The molecule has 6 nitrogen and oxygen atoms in total. The number of ether oxygens (including phenoxy) is 1. The van der Waals surface area contributed by atoms with Crippen LogP contribution in [0.4, 0.5) is 0 Å². The lowest BCUT2D eigenvalue weighted by atomic mass is 9.90. The van der Waals surface area contributed by atoms with Gasteiger partial charge in [-0.25, -0.2) is 0 Å². The molecule has 26 heavy (non-hydrogen) atoms. The highest BCUT2D eigenvalue weighted by Crippen LogP contribution is 2.32. The van der Waals surface area contributed by atoms with E-state index < -0.39 is 0 Å². The fourth-order valence-electron chi connectivity index (χ4n) is 2.97. The first-order valence-electron chi connectivity index (χ1n) is 8.88. The molecule has 0 saturated carbocycles. The largest absolute Gasteiger partial charge is 0.484 e. The van der Waals surface area contributed by atoms with E-state index in [2.05, 4.69) is 20.7 Å². The van der Waals surface area contributed by atoms with Gasteiger partial charge in [-0.3, -0.25) is 0 Å². The number of rotatable bonds is 7. The Morgan fingerprint density at radius 2 is 1.96 bits per heavy atom. The second-order valence-corrected chi connectivity index (χ2v) is 6.52. The van der Waals surface area contributed by atoms with Gasteiger partial charge < -0.3 is 14.9 Å². The second-order valence-electron chi connectivity index (χ2n) is 6.13. The van der Waals surface area contributed by atoms with Crippen molar-refractivity contribution < 1.29 is 9.57 Å². The molecular weight excluding hydrogens is 352 g/mol. The molecule has 0 amide bonds.